The molecule has 1 aromatic carbocycles. The molecule has 0 aliphatic carbocycles. The fourth-order valence-electron chi connectivity index (χ4n) is 1.86. The van der Waals surface area contributed by atoms with Gasteiger partial charge in [-0.2, -0.15) is 0 Å². The number of rotatable bonds is 4. The maximum atomic E-state index is 6.14. The molecule has 0 amide bonds. The molecule has 0 aliphatic heterocycles. The maximum Gasteiger partial charge on any atom is 0.159 e. The summed E-state index contributed by atoms with van der Waals surface area (Å²) in [5.41, 5.74) is 8.26. The minimum Gasteiger partial charge on any atom is -0.393 e. The third-order valence-corrected chi connectivity index (χ3v) is 3.63. The highest BCUT2D eigenvalue weighted by molar-refractivity contribution is 9.10. The van der Waals surface area contributed by atoms with Crippen LogP contribution in [0.4, 0.5) is 28.7 Å². The van der Waals surface area contributed by atoms with Crippen LogP contribution in [0.5, 0.6) is 0 Å². The number of nitrogens with two attached hydrogens (primary N) is 1. The van der Waals surface area contributed by atoms with Gasteiger partial charge in [-0.3, -0.25) is 4.98 Å². The molecule has 0 spiro atoms. The number of aromatic nitrogens is 3. The van der Waals surface area contributed by atoms with Gasteiger partial charge in [-0.05, 0) is 40.2 Å². The van der Waals surface area contributed by atoms with E-state index in [1.165, 1.54) is 6.33 Å². The van der Waals surface area contributed by atoms with E-state index in [0.29, 0.717) is 17.3 Å². The highest BCUT2D eigenvalue weighted by Crippen LogP contribution is 2.30. The summed E-state index contributed by atoms with van der Waals surface area (Å²) in [6, 6.07) is 11.5. The van der Waals surface area contributed by atoms with E-state index in [-0.39, 0.29) is 0 Å². The van der Waals surface area contributed by atoms with Crippen molar-refractivity contribution in [3.8, 4) is 0 Å². The molecule has 22 heavy (non-hydrogen) atoms. The predicted molar refractivity (Wildman–Crippen MR) is 91.4 cm³/mol. The number of nitrogen functional groups attached to an aromatic ring is 1. The van der Waals surface area contributed by atoms with Crippen LogP contribution in [0.1, 0.15) is 0 Å². The Hall–Kier alpha value is -2.67. The molecule has 6 nitrogen and oxygen atoms in total. The summed E-state index contributed by atoms with van der Waals surface area (Å²) in [7, 11) is 0. The van der Waals surface area contributed by atoms with Gasteiger partial charge in [0, 0.05) is 10.7 Å². The van der Waals surface area contributed by atoms with Crippen LogP contribution in [0.25, 0.3) is 0 Å². The van der Waals surface area contributed by atoms with Crippen molar-refractivity contribution in [2.75, 3.05) is 16.4 Å². The Balaban J connectivity index is 1.88. The summed E-state index contributed by atoms with van der Waals surface area (Å²) in [5.74, 6) is 1.06. The number of hydrogen-bond donors (Lipinski definition) is 3. The smallest absolute Gasteiger partial charge is 0.159 e. The molecule has 0 aliphatic rings. The normalized spacial score (nSPS) is 10.2. The summed E-state index contributed by atoms with van der Waals surface area (Å²) < 4.78 is 0.926. The molecular formula is C15H13BrN6. The van der Waals surface area contributed by atoms with Crippen LogP contribution in [0.2, 0.25) is 0 Å². The van der Waals surface area contributed by atoms with Crippen molar-refractivity contribution in [1.29, 1.82) is 0 Å². The molecule has 3 rings (SSSR count). The Bertz CT molecular complexity index is 778. The summed E-state index contributed by atoms with van der Waals surface area (Å²) in [4.78, 5) is 12.4. The van der Waals surface area contributed by atoms with Crippen molar-refractivity contribution < 1.29 is 0 Å². The number of pyridine rings is 1. The first-order valence-corrected chi connectivity index (χ1v) is 7.32. The SMILES string of the molecule is Nc1c(Nc2cccnc2)ncnc1Nc1ccccc1Br. The third kappa shape index (κ3) is 3.15. The van der Waals surface area contributed by atoms with Gasteiger partial charge in [0.2, 0.25) is 0 Å². The minimum absolute atomic E-state index is 0.433. The lowest BCUT2D eigenvalue weighted by Gasteiger charge is -2.13. The van der Waals surface area contributed by atoms with Gasteiger partial charge >= 0.3 is 0 Å². The van der Waals surface area contributed by atoms with Crippen molar-refractivity contribution in [1.82, 2.24) is 15.0 Å². The van der Waals surface area contributed by atoms with Gasteiger partial charge < -0.3 is 16.4 Å². The van der Waals surface area contributed by atoms with Gasteiger partial charge in [-0.15, -0.1) is 0 Å². The molecule has 0 bridgehead atoms. The topological polar surface area (TPSA) is 88.8 Å². The Labute approximate surface area is 136 Å². The van der Waals surface area contributed by atoms with E-state index in [9.17, 15) is 0 Å². The van der Waals surface area contributed by atoms with Crippen LogP contribution in [-0.2, 0) is 0 Å². The van der Waals surface area contributed by atoms with Crippen LogP contribution in [-0.4, -0.2) is 15.0 Å². The lowest BCUT2D eigenvalue weighted by molar-refractivity contribution is 1.17. The quantitative estimate of drug-likeness (QED) is 0.660. The van der Waals surface area contributed by atoms with E-state index in [1.807, 2.05) is 36.4 Å². The van der Waals surface area contributed by atoms with Gasteiger partial charge in [0.1, 0.15) is 12.0 Å². The van der Waals surface area contributed by atoms with Crippen LogP contribution in [0.15, 0.2) is 59.6 Å². The van der Waals surface area contributed by atoms with Gasteiger partial charge in [-0.1, -0.05) is 12.1 Å². The highest BCUT2D eigenvalue weighted by Gasteiger charge is 2.09. The molecule has 0 saturated carbocycles. The molecule has 3 aromatic rings. The largest absolute Gasteiger partial charge is 0.393 e. The Morgan fingerprint density at radius 3 is 2.45 bits per heavy atom. The lowest BCUT2D eigenvalue weighted by Crippen LogP contribution is -2.05. The van der Waals surface area contributed by atoms with E-state index in [1.54, 1.807) is 12.4 Å². The maximum absolute atomic E-state index is 6.14. The Kier molecular flexibility index (Phi) is 4.15. The first-order valence-electron chi connectivity index (χ1n) is 6.53. The van der Waals surface area contributed by atoms with Crippen LogP contribution >= 0.6 is 15.9 Å². The zero-order chi connectivity index (χ0) is 15.4. The van der Waals surface area contributed by atoms with E-state index in [4.69, 9.17) is 5.73 Å². The molecule has 2 aromatic heterocycles. The number of halogens is 1. The van der Waals surface area contributed by atoms with Crippen LogP contribution < -0.4 is 16.4 Å². The first kappa shape index (κ1) is 14.3. The average molecular weight is 357 g/mol. The summed E-state index contributed by atoms with van der Waals surface area (Å²) in [6.07, 6.45) is 4.85. The van der Waals surface area contributed by atoms with Gasteiger partial charge in [0.25, 0.3) is 0 Å². The van der Waals surface area contributed by atoms with Crippen molar-refractivity contribution in [2.24, 2.45) is 0 Å². The van der Waals surface area contributed by atoms with E-state index >= 15 is 0 Å². The second kappa shape index (κ2) is 6.40. The number of nitrogens with zero attached hydrogens (tertiary/aromatic N) is 3. The molecule has 110 valence electrons. The molecular weight excluding hydrogens is 344 g/mol. The second-order valence-corrected chi connectivity index (χ2v) is 5.31. The number of benzene rings is 1. The molecule has 0 unspecified atom stereocenters. The monoisotopic (exact) mass is 356 g/mol. The Morgan fingerprint density at radius 1 is 0.955 bits per heavy atom. The number of para-hydroxylation sites is 1. The summed E-state index contributed by atoms with van der Waals surface area (Å²) in [6.45, 7) is 0. The third-order valence-electron chi connectivity index (χ3n) is 2.94. The summed E-state index contributed by atoms with van der Waals surface area (Å²) >= 11 is 3.48. The van der Waals surface area contributed by atoms with Gasteiger partial charge in [0.15, 0.2) is 11.6 Å². The van der Waals surface area contributed by atoms with E-state index in [2.05, 4.69) is 41.5 Å². The lowest BCUT2D eigenvalue weighted by atomic mass is 10.3. The molecule has 0 saturated heterocycles. The van der Waals surface area contributed by atoms with E-state index in [0.717, 1.165) is 15.8 Å². The van der Waals surface area contributed by atoms with Crippen molar-refractivity contribution in [3.05, 3.63) is 59.6 Å². The number of nitrogens with one attached hydrogen (secondary N) is 2. The van der Waals surface area contributed by atoms with Crippen LogP contribution in [0, 0.1) is 0 Å². The number of hydrogen-bond acceptors (Lipinski definition) is 6. The first-order chi connectivity index (χ1) is 10.7. The van der Waals surface area contributed by atoms with Crippen molar-refractivity contribution in [3.63, 3.8) is 0 Å². The predicted octanol–water partition coefficient (Wildman–Crippen LogP) is 3.70. The standard InChI is InChI=1S/C15H13BrN6/c16-11-5-1-2-6-12(11)22-15-13(17)14(19-9-20-15)21-10-4-3-7-18-8-10/h1-9H,17H2,(H2,19,20,21,22). The highest BCUT2D eigenvalue weighted by atomic mass is 79.9. The fourth-order valence-corrected chi connectivity index (χ4v) is 2.24. The van der Waals surface area contributed by atoms with Gasteiger partial charge in [0.05, 0.1) is 17.6 Å². The minimum atomic E-state index is 0.433. The van der Waals surface area contributed by atoms with Crippen molar-refractivity contribution >= 4 is 44.6 Å². The van der Waals surface area contributed by atoms with Gasteiger partial charge in [-0.25, -0.2) is 9.97 Å². The molecule has 7 heteroatoms. The number of anilines is 5. The summed E-state index contributed by atoms with van der Waals surface area (Å²) in [5, 5.41) is 6.31. The molecule has 4 N–H and O–H groups in total. The van der Waals surface area contributed by atoms with Crippen LogP contribution in [0.3, 0.4) is 0 Å². The zero-order valence-electron chi connectivity index (χ0n) is 11.5. The molecule has 2 heterocycles. The average Bonchev–Trinajstić information content (AvgIpc) is 2.54. The molecule has 0 fully saturated rings. The van der Waals surface area contributed by atoms with E-state index < -0.39 is 0 Å². The fraction of sp³-hybridized carbons (Fsp3) is 0. The zero-order valence-corrected chi connectivity index (χ0v) is 13.1. The second-order valence-electron chi connectivity index (χ2n) is 4.46. The molecule has 0 radical (unpaired) electrons. The Morgan fingerprint density at radius 2 is 1.73 bits per heavy atom. The molecule has 0 atom stereocenters. The van der Waals surface area contributed by atoms with Crippen molar-refractivity contribution in [2.45, 2.75) is 0 Å².